The van der Waals surface area contributed by atoms with E-state index in [0.29, 0.717) is 0 Å². The van der Waals surface area contributed by atoms with Crippen LogP contribution in [-0.2, 0) is 9.53 Å². The van der Waals surface area contributed by atoms with Crippen molar-refractivity contribution in [3.8, 4) is 0 Å². The maximum atomic E-state index is 11.9. The second kappa shape index (κ2) is 7.85. The number of ether oxygens (including phenoxy) is 1. The smallest absolute Gasteiger partial charge is 0.327 e. The first kappa shape index (κ1) is 16.4. The third-order valence-corrected chi connectivity index (χ3v) is 4.36. The number of methoxy groups -OCH3 is 1. The Morgan fingerprint density at radius 1 is 1.42 bits per heavy atom. The van der Waals surface area contributed by atoms with Gasteiger partial charge in [-0.1, -0.05) is 19.8 Å². The minimum Gasteiger partial charge on any atom is -0.468 e. The topological polar surface area (TPSA) is 41.6 Å². The molecule has 2 unspecified atom stereocenters. The second-order valence-electron chi connectivity index (χ2n) is 5.94. The van der Waals surface area contributed by atoms with E-state index < -0.39 is 5.54 Å². The van der Waals surface area contributed by atoms with Crippen molar-refractivity contribution in [3.63, 3.8) is 0 Å². The number of esters is 1. The normalized spacial score (nSPS) is 24.5. The van der Waals surface area contributed by atoms with Crippen LogP contribution >= 0.6 is 0 Å². The molecule has 0 spiro atoms. The van der Waals surface area contributed by atoms with Gasteiger partial charge < -0.3 is 15.0 Å². The van der Waals surface area contributed by atoms with E-state index in [9.17, 15) is 4.79 Å². The summed E-state index contributed by atoms with van der Waals surface area (Å²) in [7, 11) is 3.28. The largest absolute Gasteiger partial charge is 0.468 e. The number of rotatable bonds is 6. The SMILES string of the molecule is CCCC1CCCN(CC(C)(NC)C(=O)OC)CC1. The Hall–Kier alpha value is -0.610. The highest BCUT2D eigenvalue weighted by molar-refractivity contribution is 5.80. The third kappa shape index (κ3) is 4.77. The second-order valence-corrected chi connectivity index (χ2v) is 5.94. The number of nitrogens with one attached hydrogen (secondary N) is 1. The van der Waals surface area contributed by atoms with Crippen molar-refractivity contribution in [2.24, 2.45) is 5.92 Å². The summed E-state index contributed by atoms with van der Waals surface area (Å²) in [4.78, 5) is 14.3. The van der Waals surface area contributed by atoms with Gasteiger partial charge in [0.2, 0.25) is 0 Å². The Labute approximate surface area is 117 Å². The molecule has 0 aromatic rings. The zero-order chi connectivity index (χ0) is 14.3. The molecule has 0 aliphatic carbocycles. The van der Waals surface area contributed by atoms with Crippen molar-refractivity contribution in [1.82, 2.24) is 10.2 Å². The van der Waals surface area contributed by atoms with E-state index in [4.69, 9.17) is 4.74 Å². The molecule has 1 rings (SSSR count). The van der Waals surface area contributed by atoms with Crippen LogP contribution in [0.4, 0.5) is 0 Å². The standard InChI is InChI=1S/C15H30N2O2/c1-5-7-13-8-6-10-17(11-9-13)12-15(2,16-3)14(18)19-4/h13,16H,5-12H2,1-4H3. The molecule has 0 aromatic carbocycles. The maximum Gasteiger partial charge on any atom is 0.327 e. The number of carbonyl (C=O) groups is 1. The fraction of sp³-hybridized carbons (Fsp3) is 0.933. The lowest BCUT2D eigenvalue weighted by atomic mass is 9.96. The first-order chi connectivity index (χ1) is 9.05. The van der Waals surface area contributed by atoms with Crippen LogP contribution in [0.5, 0.6) is 0 Å². The van der Waals surface area contributed by atoms with Gasteiger partial charge in [-0.15, -0.1) is 0 Å². The molecule has 19 heavy (non-hydrogen) atoms. The van der Waals surface area contributed by atoms with E-state index in [1.807, 2.05) is 14.0 Å². The highest BCUT2D eigenvalue weighted by atomic mass is 16.5. The zero-order valence-electron chi connectivity index (χ0n) is 13.0. The van der Waals surface area contributed by atoms with Crippen molar-refractivity contribution in [1.29, 1.82) is 0 Å². The first-order valence-corrected chi connectivity index (χ1v) is 7.55. The van der Waals surface area contributed by atoms with Gasteiger partial charge in [0.1, 0.15) is 5.54 Å². The highest BCUT2D eigenvalue weighted by Gasteiger charge is 2.35. The molecule has 0 bridgehead atoms. The van der Waals surface area contributed by atoms with Crippen molar-refractivity contribution < 1.29 is 9.53 Å². The summed E-state index contributed by atoms with van der Waals surface area (Å²) in [5, 5.41) is 3.12. The number of carbonyl (C=O) groups excluding carboxylic acids is 1. The maximum absolute atomic E-state index is 11.9. The molecule has 0 amide bonds. The van der Waals surface area contributed by atoms with Crippen LogP contribution in [0.1, 0.15) is 46.0 Å². The first-order valence-electron chi connectivity index (χ1n) is 7.55. The predicted molar refractivity (Wildman–Crippen MR) is 78.2 cm³/mol. The summed E-state index contributed by atoms with van der Waals surface area (Å²) in [6.07, 6.45) is 6.45. The molecule has 1 aliphatic heterocycles. The van der Waals surface area contributed by atoms with Crippen molar-refractivity contribution in [2.45, 2.75) is 51.5 Å². The molecule has 0 aromatic heterocycles. The van der Waals surface area contributed by atoms with Crippen molar-refractivity contribution in [2.75, 3.05) is 33.8 Å². The van der Waals surface area contributed by atoms with E-state index in [0.717, 1.165) is 25.6 Å². The zero-order valence-corrected chi connectivity index (χ0v) is 13.0. The quantitative estimate of drug-likeness (QED) is 0.750. The van der Waals surface area contributed by atoms with Gasteiger partial charge in [-0.3, -0.25) is 4.79 Å². The average Bonchev–Trinajstić information content (AvgIpc) is 2.63. The predicted octanol–water partition coefficient (Wildman–Crippen LogP) is 2.04. The van der Waals surface area contributed by atoms with Crippen molar-refractivity contribution >= 4 is 5.97 Å². The fourth-order valence-corrected chi connectivity index (χ4v) is 3.00. The van der Waals surface area contributed by atoms with Crippen LogP contribution in [0.25, 0.3) is 0 Å². The van der Waals surface area contributed by atoms with Gasteiger partial charge in [-0.25, -0.2) is 0 Å². The molecule has 4 heteroatoms. The number of nitrogens with zero attached hydrogens (tertiary/aromatic N) is 1. The Bertz CT molecular complexity index is 283. The third-order valence-electron chi connectivity index (χ3n) is 4.36. The molecular formula is C15H30N2O2. The summed E-state index contributed by atoms with van der Waals surface area (Å²) in [6, 6.07) is 0. The summed E-state index contributed by atoms with van der Waals surface area (Å²) in [6.45, 7) is 7.10. The molecule has 1 N–H and O–H groups in total. The highest BCUT2D eigenvalue weighted by Crippen LogP contribution is 2.23. The average molecular weight is 270 g/mol. The molecule has 2 atom stereocenters. The van der Waals surface area contributed by atoms with Gasteiger partial charge in [-0.05, 0) is 52.2 Å². The van der Waals surface area contributed by atoms with Gasteiger partial charge >= 0.3 is 5.97 Å². The Morgan fingerprint density at radius 2 is 2.16 bits per heavy atom. The molecule has 0 saturated carbocycles. The monoisotopic (exact) mass is 270 g/mol. The minimum absolute atomic E-state index is 0.177. The van der Waals surface area contributed by atoms with E-state index in [1.54, 1.807) is 0 Å². The molecular weight excluding hydrogens is 240 g/mol. The van der Waals surface area contributed by atoms with Crippen LogP contribution in [-0.4, -0.2) is 50.2 Å². The lowest BCUT2D eigenvalue weighted by Gasteiger charge is -2.32. The summed E-state index contributed by atoms with van der Waals surface area (Å²) < 4.78 is 4.91. The number of hydrogen-bond acceptors (Lipinski definition) is 4. The van der Waals surface area contributed by atoms with E-state index in [1.165, 1.54) is 39.2 Å². The lowest BCUT2D eigenvalue weighted by Crippen LogP contribution is -2.56. The molecule has 1 heterocycles. The van der Waals surface area contributed by atoms with E-state index in [-0.39, 0.29) is 5.97 Å². The minimum atomic E-state index is -0.598. The van der Waals surface area contributed by atoms with Crippen molar-refractivity contribution in [3.05, 3.63) is 0 Å². The van der Waals surface area contributed by atoms with Crippen LogP contribution in [0, 0.1) is 5.92 Å². The van der Waals surface area contributed by atoms with Gasteiger partial charge in [0.25, 0.3) is 0 Å². The Morgan fingerprint density at radius 3 is 2.74 bits per heavy atom. The number of hydrogen-bond donors (Lipinski definition) is 1. The molecule has 112 valence electrons. The Balaban J connectivity index is 2.54. The van der Waals surface area contributed by atoms with Crippen LogP contribution < -0.4 is 5.32 Å². The fourth-order valence-electron chi connectivity index (χ4n) is 3.00. The van der Waals surface area contributed by atoms with Gasteiger partial charge in [0, 0.05) is 6.54 Å². The molecule has 4 nitrogen and oxygen atoms in total. The lowest BCUT2D eigenvalue weighted by molar-refractivity contribution is -0.148. The molecule has 1 aliphatic rings. The molecule has 0 radical (unpaired) electrons. The van der Waals surface area contributed by atoms with Crippen LogP contribution in [0.15, 0.2) is 0 Å². The van der Waals surface area contributed by atoms with E-state index in [2.05, 4.69) is 17.1 Å². The summed E-state index contributed by atoms with van der Waals surface area (Å²) in [5.41, 5.74) is -0.598. The summed E-state index contributed by atoms with van der Waals surface area (Å²) >= 11 is 0. The summed E-state index contributed by atoms with van der Waals surface area (Å²) in [5.74, 6) is 0.693. The van der Waals surface area contributed by atoms with Crippen LogP contribution in [0.2, 0.25) is 0 Å². The van der Waals surface area contributed by atoms with Crippen LogP contribution in [0.3, 0.4) is 0 Å². The Kier molecular flexibility index (Phi) is 6.80. The molecule has 1 fully saturated rings. The number of likely N-dealkylation sites (N-methyl/N-ethyl adjacent to an activating group) is 1. The van der Waals surface area contributed by atoms with E-state index >= 15 is 0 Å². The van der Waals surface area contributed by atoms with Gasteiger partial charge in [0.05, 0.1) is 7.11 Å². The number of likely N-dealkylation sites (tertiary alicyclic amines) is 1. The van der Waals surface area contributed by atoms with Gasteiger partial charge in [-0.2, -0.15) is 0 Å². The molecule has 1 saturated heterocycles. The van der Waals surface area contributed by atoms with Gasteiger partial charge in [0.15, 0.2) is 0 Å².